The van der Waals surface area contributed by atoms with Gasteiger partial charge < -0.3 is 33.8 Å². The minimum absolute atomic E-state index is 0.0336. The maximum atomic E-state index is 13.1. The predicted molar refractivity (Wildman–Crippen MR) is 445 cm³/mol. The topological polar surface area (TPSA) is 237 Å². The Bertz CT molecular complexity index is 2710. The molecule has 0 aromatic carbocycles. The fraction of sp³-hybridized carbons (Fsp3) is 0.640. The molecule has 0 heterocycles. The number of carbonyl (C=O) groups excluding carboxylic acids is 4. The molecule has 614 valence electrons. The van der Waals surface area contributed by atoms with Crippen LogP contribution in [0.25, 0.3) is 0 Å². The Balaban J connectivity index is 5.44. The van der Waals surface area contributed by atoms with E-state index >= 15 is 0 Å². The van der Waals surface area contributed by atoms with Crippen LogP contribution in [0.4, 0.5) is 0 Å². The summed E-state index contributed by atoms with van der Waals surface area (Å²) in [7, 11) is -10.00. The van der Waals surface area contributed by atoms with Gasteiger partial charge in [0, 0.05) is 25.7 Å². The lowest BCUT2D eigenvalue weighted by Crippen LogP contribution is -2.30. The molecule has 0 radical (unpaired) electrons. The number of hydrogen-bond acceptors (Lipinski definition) is 15. The summed E-state index contributed by atoms with van der Waals surface area (Å²) < 4.78 is 68.7. The predicted octanol–water partition coefficient (Wildman–Crippen LogP) is 24.6. The molecule has 0 saturated heterocycles. The second-order valence-corrected chi connectivity index (χ2v) is 29.8. The highest BCUT2D eigenvalue weighted by Crippen LogP contribution is 2.45. The van der Waals surface area contributed by atoms with Crippen molar-refractivity contribution < 1.29 is 80.2 Å². The van der Waals surface area contributed by atoms with E-state index in [9.17, 15) is 43.2 Å². The van der Waals surface area contributed by atoms with E-state index in [1.165, 1.54) is 0 Å². The minimum atomic E-state index is -5.00. The standard InChI is InChI=1S/C89H146O17P2/c1-5-9-13-17-21-25-29-33-37-40-41-44-47-50-54-58-62-66-70-74-87(92)100-79-84(105-88(93)75-71-67-63-59-55-51-45-36-32-28-24-20-16-12-8-4)81-103-107(95,96)101-77-83(90)78-102-108(97,98)104-82-85(106-89(94)76-72-68-64-60-56-52-48-43-39-35-31-27-23-19-15-11-7-3)80-99-86(91)73-69-65-61-57-53-49-46-42-38-34-30-26-22-18-14-10-6-2/h9-16,21-28,33-39,41,44-45,55,59,83-85,90H,5-8,17-20,29-32,40,42-43,46-54,56-58,60-82H2,1-4H3,(H,95,96)(H,97,98)/b13-9-,14-10-,15-11-,16-12-,25-21-,26-22-,27-23-,28-24-,37-33-,38-34-,39-35-,44-41-,45-36-,59-55-. The Morgan fingerprint density at radius 3 is 0.713 bits per heavy atom. The molecule has 0 amide bonds. The second-order valence-electron chi connectivity index (χ2n) is 26.9. The highest BCUT2D eigenvalue weighted by Gasteiger charge is 2.30. The number of aliphatic hydroxyl groups excluding tert-OH is 1. The summed E-state index contributed by atoms with van der Waals surface area (Å²) in [6.07, 6.45) is 94.6. The van der Waals surface area contributed by atoms with Gasteiger partial charge in [-0.3, -0.25) is 37.3 Å². The summed E-state index contributed by atoms with van der Waals surface area (Å²) in [6, 6.07) is 0. The Morgan fingerprint density at radius 2 is 0.454 bits per heavy atom. The zero-order valence-corrected chi connectivity index (χ0v) is 69.0. The van der Waals surface area contributed by atoms with Crippen molar-refractivity contribution in [1.29, 1.82) is 0 Å². The van der Waals surface area contributed by atoms with Gasteiger partial charge in [-0.2, -0.15) is 0 Å². The van der Waals surface area contributed by atoms with Gasteiger partial charge in [0.1, 0.15) is 19.3 Å². The van der Waals surface area contributed by atoms with Crippen LogP contribution in [0.5, 0.6) is 0 Å². The first-order valence-corrected chi connectivity index (χ1v) is 44.4. The monoisotopic (exact) mass is 1550 g/mol. The van der Waals surface area contributed by atoms with E-state index in [-0.39, 0.29) is 25.7 Å². The lowest BCUT2D eigenvalue weighted by Gasteiger charge is -2.21. The number of ether oxygens (including phenoxy) is 4. The SMILES string of the molecule is CC/C=C\C/C=C\C/C=C\C/C=C\CCCCCCCCC(=O)OCC(COP(=O)(O)OCC(O)COP(=O)(O)OCC(COC(=O)CCCCCCCCC/C=C\C/C=C\C/C=C\CC)OC(=O)CCCCCCCCC/C=C\C/C=C\C/C=C\CC)OC(=O)CCCC/C=C\C/C=C\C/C=C\C/C=C\CC. The van der Waals surface area contributed by atoms with Crippen LogP contribution in [-0.4, -0.2) is 96.7 Å². The normalized spacial score (nSPS) is 14.7. The van der Waals surface area contributed by atoms with E-state index in [0.717, 1.165) is 225 Å². The third-order valence-corrected chi connectivity index (χ3v) is 18.6. The molecule has 0 saturated carbocycles. The van der Waals surface area contributed by atoms with Crippen LogP contribution in [0.2, 0.25) is 0 Å². The van der Waals surface area contributed by atoms with Crippen molar-refractivity contribution in [2.45, 2.75) is 329 Å². The lowest BCUT2D eigenvalue weighted by molar-refractivity contribution is -0.161. The molecule has 0 aromatic heterocycles. The van der Waals surface area contributed by atoms with E-state index in [4.69, 9.17) is 37.0 Å². The molecule has 17 nitrogen and oxygen atoms in total. The first kappa shape index (κ1) is 102. The summed E-state index contributed by atoms with van der Waals surface area (Å²) in [5, 5.41) is 10.7. The summed E-state index contributed by atoms with van der Waals surface area (Å²) in [5.41, 5.74) is 0. The first-order chi connectivity index (χ1) is 52.7. The Hall–Kier alpha value is -5.58. The van der Waals surface area contributed by atoms with Crippen LogP contribution in [0.1, 0.15) is 310 Å². The zero-order chi connectivity index (χ0) is 78.9. The molecule has 108 heavy (non-hydrogen) atoms. The van der Waals surface area contributed by atoms with Crippen molar-refractivity contribution in [3.05, 3.63) is 170 Å². The number of phosphoric acid groups is 2. The Kier molecular flexibility index (Phi) is 75.4. The Labute approximate surface area is 654 Å². The van der Waals surface area contributed by atoms with Gasteiger partial charge in [-0.25, -0.2) is 9.13 Å². The summed E-state index contributed by atoms with van der Waals surface area (Å²) >= 11 is 0. The summed E-state index contributed by atoms with van der Waals surface area (Å²) in [6.45, 7) is 4.35. The van der Waals surface area contributed by atoms with E-state index in [0.29, 0.717) is 32.1 Å². The van der Waals surface area contributed by atoms with Crippen LogP contribution in [0.3, 0.4) is 0 Å². The Morgan fingerprint density at radius 1 is 0.259 bits per heavy atom. The van der Waals surface area contributed by atoms with E-state index in [2.05, 4.69) is 198 Å². The lowest BCUT2D eigenvalue weighted by atomic mass is 10.1. The van der Waals surface area contributed by atoms with Gasteiger partial charge in [0.15, 0.2) is 12.2 Å². The van der Waals surface area contributed by atoms with Crippen LogP contribution in [-0.2, 0) is 65.4 Å². The maximum absolute atomic E-state index is 13.1. The number of rotatable bonds is 76. The van der Waals surface area contributed by atoms with Gasteiger partial charge in [-0.05, 0) is 167 Å². The largest absolute Gasteiger partial charge is 0.472 e. The van der Waals surface area contributed by atoms with Gasteiger partial charge in [0.05, 0.1) is 26.4 Å². The molecular weight excluding hydrogens is 1400 g/mol. The average molecular weight is 1550 g/mol. The molecule has 0 spiro atoms. The van der Waals surface area contributed by atoms with Gasteiger partial charge in [-0.1, -0.05) is 288 Å². The van der Waals surface area contributed by atoms with E-state index in [1.807, 2.05) is 0 Å². The van der Waals surface area contributed by atoms with Gasteiger partial charge in [-0.15, -0.1) is 0 Å². The molecular formula is C89H146O17P2. The third kappa shape index (κ3) is 78.5. The first-order valence-electron chi connectivity index (χ1n) is 41.4. The molecule has 0 aliphatic carbocycles. The third-order valence-electron chi connectivity index (χ3n) is 16.7. The van der Waals surface area contributed by atoms with Crippen LogP contribution in [0.15, 0.2) is 170 Å². The molecule has 0 bridgehead atoms. The molecule has 19 heteroatoms. The van der Waals surface area contributed by atoms with Crippen LogP contribution >= 0.6 is 15.6 Å². The van der Waals surface area contributed by atoms with Crippen LogP contribution < -0.4 is 0 Å². The number of allylic oxidation sites excluding steroid dienone is 28. The molecule has 0 fully saturated rings. The van der Waals surface area contributed by atoms with Crippen molar-refractivity contribution in [2.24, 2.45) is 0 Å². The molecule has 0 aromatic rings. The number of carbonyl (C=O) groups is 4. The molecule has 5 unspecified atom stereocenters. The number of phosphoric ester groups is 2. The van der Waals surface area contributed by atoms with Crippen LogP contribution in [0, 0.1) is 0 Å². The quantitative estimate of drug-likeness (QED) is 0.0169. The molecule has 5 atom stereocenters. The molecule has 0 aliphatic rings. The van der Waals surface area contributed by atoms with Crippen molar-refractivity contribution in [3.63, 3.8) is 0 Å². The zero-order valence-electron chi connectivity index (χ0n) is 67.2. The summed E-state index contributed by atoms with van der Waals surface area (Å²) in [4.78, 5) is 73.2. The van der Waals surface area contributed by atoms with Crippen molar-refractivity contribution in [2.75, 3.05) is 39.6 Å². The number of hydrogen-bond donors (Lipinski definition) is 3. The number of esters is 4. The molecule has 0 rings (SSSR count). The highest BCUT2D eigenvalue weighted by molar-refractivity contribution is 7.47. The van der Waals surface area contributed by atoms with E-state index < -0.39 is 97.5 Å². The van der Waals surface area contributed by atoms with E-state index in [1.54, 1.807) is 0 Å². The molecule has 0 aliphatic heterocycles. The summed E-state index contributed by atoms with van der Waals surface area (Å²) in [5.74, 6) is -2.27. The molecule has 3 N–H and O–H groups in total. The van der Waals surface area contributed by atoms with Crippen molar-refractivity contribution in [1.82, 2.24) is 0 Å². The smallest absolute Gasteiger partial charge is 0.462 e. The van der Waals surface area contributed by atoms with Gasteiger partial charge in [0.25, 0.3) is 0 Å². The minimum Gasteiger partial charge on any atom is -0.462 e. The van der Waals surface area contributed by atoms with Crippen molar-refractivity contribution in [3.8, 4) is 0 Å². The number of unbranched alkanes of at least 4 members (excludes halogenated alkanes) is 22. The highest BCUT2D eigenvalue weighted by atomic mass is 31.2. The van der Waals surface area contributed by atoms with Gasteiger partial charge in [0.2, 0.25) is 0 Å². The maximum Gasteiger partial charge on any atom is 0.472 e. The van der Waals surface area contributed by atoms with Gasteiger partial charge >= 0.3 is 39.5 Å². The number of aliphatic hydroxyl groups is 1. The fourth-order valence-electron chi connectivity index (χ4n) is 10.5. The second kappa shape index (κ2) is 79.5. The van der Waals surface area contributed by atoms with Crippen molar-refractivity contribution >= 4 is 39.5 Å². The fourth-order valence-corrected chi connectivity index (χ4v) is 12.1. The average Bonchev–Trinajstić information content (AvgIpc) is 0.901.